The summed E-state index contributed by atoms with van der Waals surface area (Å²) in [5.41, 5.74) is 1.14. The van der Waals surface area contributed by atoms with Crippen molar-refractivity contribution >= 4 is 0 Å². The van der Waals surface area contributed by atoms with Crippen LogP contribution in [0.5, 0.6) is 0 Å². The highest BCUT2D eigenvalue weighted by Gasteiger charge is 2.39. The first-order valence-corrected chi connectivity index (χ1v) is 6.75. The Balaban J connectivity index is 1.81. The average Bonchev–Trinajstić information content (AvgIpc) is 2.90. The third kappa shape index (κ3) is 2.65. The number of benzene rings is 1. The molecule has 0 saturated carbocycles. The molecular formula is C14H15F3N4. The van der Waals surface area contributed by atoms with E-state index in [9.17, 15) is 13.2 Å². The van der Waals surface area contributed by atoms with Gasteiger partial charge in [0.15, 0.2) is 0 Å². The molecule has 4 nitrogen and oxygen atoms in total. The third-order valence-electron chi connectivity index (χ3n) is 3.87. The Morgan fingerprint density at radius 2 is 1.81 bits per heavy atom. The molecule has 0 amide bonds. The smallest absolute Gasteiger partial charge is 0.305 e. The van der Waals surface area contributed by atoms with Gasteiger partial charge in [0.05, 0.1) is 6.54 Å². The molecule has 0 radical (unpaired) electrons. The van der Waals surface area contributed by atoms with E-state index < -0.39 is 12.0 Å². The lowest BCUT2D eigenvalue weighted by Gasteiger charge is -2.33. The van der Waals surface area contributed by atoms with Gasteiger partial charge in [-0.1, -0.05) is 30.3 Å². The van der Waals surface area contributed by atoms with Gasteiger partial charge < -0.3 is 4.57 Å². The summed E-state index contributed by atoms with van der Waals surface area (Å²) in [5.74, 6) is -0.527. The predicted molar refractivity (Wildman–Crippen MR) is 70.3 cm³/mol. The Bertz CT molecular complexity index is 621. The van der Waals surface area contributed by atoms with Gasteiger partial charge in [-0.2, -0.15) is 13.2 Å². The highest BCUT2D eigenvalue weighted by molar-refractivity contribution is 5.18. The number of hydrogen-bond acceptors (Lipinski definition) is 3. The summed E-state index contributed by atoms with van der Waals surface area (Å²) in [4.78, 5) is 2.11. The second kappa shape index (κ2) is 5.14. The molecule has 21 heavy (non-hydrogen) atoms. The molecule has 1 unspecified atom stereocenters. The Hall–Kier alpha value is -1.89. The lowest BCUT2D eigenvalue weighted by molar-refractivity contribution is -0.148. The molecule has 0 N–H and O–H groups in total. The molecule has 1 atom stereocenters. The summed E-state index contributed by atoms with van der Waals surface area (Å²) in [5, 5.41) is 7.00. The quantitative estimate of drug-likeness (QED) is 0.854. The topological polar surface area (TPSA) is 34.0 Å². The Morgan fingerprint density at radius 1 is 1.10 bits per heavy atom. The molecule has 1 aromatic carbocycles. The van der Waals surface area contributed by atoms with Crippen LogP contribution in [0.15, 0.2) is 30.3 Å². The Kier molecular flexibility index (Phi) is 3.44. The molecule has 0 fully saturated rings. The standard InChI is InChI=1S/C14H15F3N4/c1-10(11-5-3-2-4-6-11)20-7-8-21-12(9-20)18-19-13(21)14(15,16)17/h2-6,10H,7-9H2,1H3. The van der Waals surface area contributed by atoms with Crippen LogP contribution in [0, 0.1) is 0 Å². The van der Waals surface area contributed by atoms with E-state index in [-0.39, 0.29) is 12.6 Å². The fourth-order valence-electron chi connectivity index (χ4n) is 2.66. The zero-order valence-corrected chi connectivity index (χ0v) is 11.5. The molecule has 1 aliphatic heterocycles. The van der Waals surface area contributed by atoms with Crippen LogP contribution in [0.2, 0.25) is 0 Å². The normalized spacial score (nSPS) is 17.5. The van der Waals surface area contributed by atoms with Crippen molar-refractivity contribution < 1.29 is 13.2 Å². The predicted octanol–water partition coefficient (Wildman–Crippen LogP) is 2.87. The van der Waals surface area contributed by atoms with Crippen molar-refractivity contribution in [1.82, 2.24) is 19.7 Å². The summed E-state index contributed by atoms with van der Waals surface area (Å²) in [6, 6.07) is 10.0. The summed E-state index contributed by atoms with van der Waals surface area (Å²) < 4.78 is 39.6. The van der Waals surface area contributed by atoms with Crippen LogP contribution in [0.4, 0.5) is 13.2 Å². The minimum atomic E-state index is -4.45. The zero-order chi connectivity index (χ0) is 15.0. The molecule has 1 aromatic heterocycles. The maximum atomic E-state index is 12.8. The van der Waals surface area contributed by atoms with Gasteiger partial charge in [0.25, 0.3) is 0 Å². The first-order valence-electron chi connectivity index (χ1n) is 6.75. The first-order chi connectivity index (χ1) is 9.97. The van der Waals surface area contributed by atoms with E-state index in [0.717, 1.165) is 5.56 Å². The summed E-state index contributed by atoms with van der Waals surface area (Å²) in [6.45, 7) is 3.23. The number of fused-ring (bicyclic) bond motifs is 1. The minimum absolute atomic E-state index is 0.131. The zero-order valence-electron chi connectivity index (χ0n) is 11.5. The SMILES string of the molecule is CC(c1ccccc1)N1CCn2c(nnc2C(F)(F)F)C1. The van der Waals surface area contributed by atoms with Gasteiger partial charge in [-0.25, -0.2) is 0 Å². The molecule has 2 aromatic rings. The first kappa shape index (κ1) is 14.1. The number of nitrogens with zero attached hydrogens (tertiary/aromatic N) is 4. The van der Waals surface area contributed by atoms with Gasteiger partial charge in [-0.05, 0) is 12.5 Å². The van der Waals surface area contributed by atoms with Gasteiger partial charge in [-0.15, -0.1) is 10.2 Å². The summed E-state index contributed by atoms with van der Waals surface area (Å²) >= 11 is 0. The van der Waals surface area contributed by atoms with E-state index in [1.807, 2.05) is 37.3 Å². The van der Waals surface area contributed by atoms with E-state index in [1.54, 1.807) is 0 Å². The van der Waals surface area contributed by atoms with Gasteiger partial charge in [-0.3, -0.25) is 4.90 Å². The Morgan fingerprint density at radius 3 is 2.48 bits per heavy atom. The number of halogens is 3. The highest BCUT2D eigenvalue weighted by atomic mass is 19.4. The van der Waals surface area contributed by atoms with Crippen LogP contribution in [0.25, 0.3) is 0 Å². The van der Waals surface area contributed by atoms with Crippen molar-refractivity contribution in [1.29, 1.82) is 0 Å². The van der Waals surface area contributed by atoms with Gasteiger partial charge in [0.1, 0.15) is 5.82 Å². The number of aromatic nitrogens is 3. The molecule has 3 rings (SSSR count). The molecular weight excluding hydrogens is 281 g/mol. The molecule has 0 bridgehead atoms. The van der Waals surface area contributed by atoms with Crippen LogP contribution < -0.4 is 0 Å². The number of rotatable bonds is 2. The lowest BCUT2D eigenvalue weighted by atomic mass is 10.1. The fourth-order valence-corrected chi connectivity index (χ4v) is 2.66. The van der Waals surface area contributed by atoms with Crippen LogP contribution >= 0.6 is 0 Å². The van der Waals surface area contributed by atoms with Gasteiger partial charge in [0.2, 0.25) is 5.82 Å². The second-order valence-electron chi connectivity index (χ2n) is 5.15. The molecule has 0 aliphatic carbocycles. The molecule has 7 heteroatoms. The minimum Gasteiger partial charge on any atom is -0.305 e. The van der Waals surface area contributed by atoms with Gasteiger partial charge >= 0.3 is 6.18 Å². The number of hydrogen-bond donors (Lipinski definition) is 0. The van der Waals surface area contributed by atoms with Crippen molar-refractivity contribution in [2.24, 2.45) is 0 Å². The third-order valence-corrected chi connectivity index (χ3v) is 3.87. The van der Waals surface area contributed by atoms with Gasteiger partial charge in [0, 0.05) is 19.1 Å². The monoisotopic (exact) mass is 296 g/mol. The van der Waals surface area contributed by atoms with Crippen molar-refractivity contribution in [3.8, 4) is 0 Å². The molecule has 0 spiro atoms. The van der Waals surface area contributed by atoms with E-state index in [0.29, 0.717) is 18.9 Å². The molecule has 0 saturated heterocycles. The second-order valence-corrected chi connectivity index (χ2v) is 5.15. The van der Waals surface area contributed by atoms with Crippen molar-refractivity contribution in [3.63, 3.8) is 0 Å². The average molecular weight is 296 g/mol. The fraction of sp³-hybridized carbons (Fsp3) is 0.429. The van der Waals surface area contributed by atoms with Crippen LogP contribution in [0.1, 0.15) is 30.2 Å². The largest absolute Gasteiger partial charge is 0.451 e. The Labute approximate surface area is 120 Å². The van der Waals surface area contributed by atoms with Crippen LogP contribution in [0.3, 0.4) is 0 Å². The summed E-state index contributed by atoms with van der Waals surface area (Å²) in [6.07, 6.45) is -4.45. The van der Waals surface area contributed by atoms with Crippen molar-refractivity contribution in [2.75, 3.05) is 6.54 Å². The van der Waals surface area contributed by atoms with Crippen molar-refractivity contribution in [3.05, 3.63) is 47.5 Å². The maximum absolute atomic E-state index is 12.8. The highest BCUT2D eigenvalue weighted by Crippen LogP contribution is 2.31. The van der Waals surface area contributed by atoms with E-state index in [1.165, 1.54) is 4.57 Å². The molecule has 112 valence electrons. The lowest BCUT2D eigenvalue weighted by Crippen LogP contribution is -2.36. The van der Waals surface area contributed by atoms with Crippen LogP contribution in [-0.4, -0.2) is 26.2 Å². The summed E-state index contributed by atoms with van der Waals surface area (Å²) in [7, 11) is 0. The maximum Gasteiger partial charge on any atom is 0.451 e. The van der Waals surface area contributed by atoms with Crippen LogP contribution in [-0.2, 0) is 19.3 Å². The number of alkyl halides is 3. The van der Waals surface area contributed by atoms with E-state index in [4.69, 9.17) is 0 Å². The molecule has 1 aliphatic rings. The molecule has 2 heterocycles. The van der Waals surface area contributed by atoms with E-state index in [2.05, 4.69) is 15.1 Å². The van der Waals surface area contributed by atoms with Crippen molar-refractivity contribution in [2.45, 2.75) is 32.2 Å². The van der Waals surface area contributed by atoms with E-state index >= 15 is 0 Å².